The van der Waals surface area contributed by atoms with Gasteiger partial charge in [0.05, 0.1) is 5.57 Å². The van der Waals surface area contributed by atoms with Gasteiger partial charge >= 0.3 is 5.97 Å². The maximum absolute atomic E-state index is 13.0. The smallest absolute Gasteiger partial charge is 0.307 e. The zero-order valence-corrected chi connectivity index (χ0v) is 14.9. The number of benzene rings is 1. The first kappa shape index (κ1) is 18.2. The highest BCUT2D eigenvalue weighted by Gasteiger charge is 2.50. The van der Waals surface area contributed by atoms with Gasteiger partial charge in [-0.3, -0.25) is 9.59 Å². The lowest BCUT2D eigenvalue weighted by Gasteiger charge is -2.31. The van der Waals surface area contributed by atoms with Gasteiger partial charge in [0.2, 0.25) is 0 Å². The Morgan fingerprint density at radius 3 is 2.29 bits per heavy atom. The third kappa shape index (κ3) is 3.07. The Balaban J connectivity index is 2.66. The summed E-state index contributed by atoms with van der Waals surface area (Å²) in [7, 11) is 1.47. The Morgan fingerprint density at radius 2 is 1.79 bits per heavy atom. The molecule has 0 atom stereocenters. The van der Waals surface area contributed by atoms with Crippen LogP contribution in [0, 0.1) is 13.8 Å². The Hall–Kier alpha value is -2.18. The van der Waals surface area contributed by atoms with Crippen molar-refractivity contribution in [2.24, 2.45) is 0 Å². The zero-order valence-electron chi connectivity index (χ0n) is 14.9. The van der Waals surface area contributed by atoms with Crippen molar-refractivity contribution in [1.82, 2.24) is 5.06 Å². The van der Waals surface area contributed by atoms with Gasteiger partial charge in [0.1, 0.15) is 11.3 Å². The van der Waals surface area contributed by atoms with Gasteiger partial charge in [-0.25, -0.2) is 9.90 Å². The van der Waals surface area contributed by atoms with E-state index in [9.17, 15) is 9.59 Å². The first-order chi connectivity index (χ1) is 11.2. The van der Waals surface area contributed by atoms with E-state index in [1.54, 1.807) is 13.8 Å². The molecule has 1 aromatic rings. The van der Waals surface area contributed by atoms with Crippen LogP contribution in [0.15, 0.2) is 24.0 Å². The van der Waals surface area contributed by atoms with Gasteiger partial charge in [-0.15, -0.1) is 0 Å². The molecular formula is C18H23NO5. The molecule has 6 heteroatoms. The van der Waals surface area contributed by atoms with Crippen LogP contribution in [-0.2, 0) is 23.9 Å². The molecule has 1 aliphatic rings. The van der Waals surface area contributed by atoms with Crippen molar-refractivity contribution in [2.75, 3.05) is 13.9 Å². The Morgan fingerprint density at radius 1 is 1.21 bits per heavy atom. The third-order valence-electron chi connectivity index (χ3n) is 3.97. The predicted octanol–water partition coefficient (Wildman–Crippen LogP) is 2.73. The summed E-state index contributed by atoms with van der Waals surface area (Å²) in [6.45, 7) is 8.59. The molecule has 1 amide bonds. The lowest BCUT2D eigenvalue weighted by atomic mass is 9.93. The number of hydrogen-bond acceptors (Lipinski definition) is 5. The van der Waals surface area contributed by atoms with Crippen LogP contribution in [0.3, 0.4) is 0 Å². The summed E-state index contributed by atoms with van der Waals surface area (Å²) in [5, 5.41) is 1.20. The highest BCUT2D eigenvalue weighted by Crippen LogP contribution is 2.42. The van der Waals surface area contributed by atoms with Crippen LogP contribution in [0.2, 0.25) is 0 Å². The van der Waals surface area contributed by atoms with E-state index >= 15 is 0 Å². The van der Waals surface area contributed by atoms with E-state index < -0.39 is 11.5 Å². The topological polar surface area (TPSA) is 65.1 Å². The monoisotopic (exact) mass is 333 g/mol. The van der Waals surface area contributed by atoms with E-state index in [1.807, 2.05) is 32.0 Å². The number of carbonyl (C=O) groups excluding carboxylic acids is 2. The third-order valence-corrected chi connectivity index (χ3v) is 3.97. The molecule has 1 aliphatic heterocycles. The molecule has 24 heavy (non-hydrogen) atoms. The molecule has 0 saturated heterocycles. The summed E-state index contributed by atoms with van der Waals surface area (Å²) in [6, 6.07) is 5.75. The van der Waals surface area contributed by atoms with Gasteiger partial charge in [-0.2, -0.15) is 0 Å². The fourth-order valence-electron chi connectivity index (χ4n) is 2.92. The number of nitrogens with zero attached hydrogens (tertiary/aromatic N) is 1. The zero-order chi connectivity index (χ0) is 18.1. The maximum atomic E-state index is 13.0. The first-order valence-corrected chi connectivity index (χ1v) is 7.68. The van der Waals surface area contributed by atoms with Gasteiger partial charge in [-0.05, 0) is 44.4 Å². The number of amides is 1. The van der Waals surface area contributed by atoms with E-state index in [4.69, 9.17) is 14.3 Å². The SMILES string of the molecule is COCON1C(=O)C(c2c(C)cccc2C)=C(OC(C)=O)C1(C)C. The van der Waals surface area contributed by atoms with Crippen LogP contribution in [0.1, 0.15) is 37.5 Å². The molecule has 130 valence electrons. The van der Waals surface area contributed by atoms with Crippen LogP contribution in [0.5, 0.6) is 0 Å². The van der Waals surface area contributed by atoms with Gasteiger partial charge in [0.25, 0.3) is 5.91 Å². The minimum Gasteiger partial charge on any atom is -0.428 e. The maximum Gasteiger partial charge on any atom is 0.307 e. The molecule has 0 radical (unpaired) electrons. The average Bonchev–Trinajstić information content (AvgIpc) is 2.65. The number of hydrogen-bond donors (Lipinski definition) is 0. The van der Waals surface area contributed by atoms with Crippen molar-refractivity contribution in [2.45, 2.75) is 40.2 Å². The standard InChI is InChI=1S/C18H23NO5/c1-11-8-7-9-12(2)14(11)15-16(24-13(3)20)18(4,5)19(17(15)21)23-10-22-6/h7-9H,10H2,1-6H3. The van der Waals surface area contributed by atoms with Gasteiger partial charge in [0.15, 0.2) is 6.79 Å². The normalized spacial score (nSPS) is 16.8. The number of rotatable bonds is 5. The van der Waals surface area contributed by atoms with Gasteiger partial charge in [0, 0.05) is 14.0 Å². The number of ether oxygens (including phenoxy) is 2. The highest BCUT2D eigenvalue weighted by molar-refractivity contribution is 6.23. The number of carbonyl (C=O) groups is 2. The summed E-state index contributed by atoms with van der Waals surface area (Å²) in [6.07, 6.45) is 0. The van der Waals surface area contributed by atoms with Crippen LogP contribution in [0.25, 0.3) is 5.57 Å². The highest BCUT2D eigenvalue weighted by atomic mass is 16.8. The molecule has 0 N–H and O–H groups in total. The van der Waals surface area contributed by atoms with Crippen molar-refractivity contribution in [3.05, 3.63) is 40.6 Å². The number of hydroxylamine groups is 2. The average molecular weight is 333 g/mol. The Bertz CT molecular complexity index is 685. The summed E-state index contributed by atoms with van der Waals surface area (Å²) in [4.78, 5) is 30.1. The van der Waals surface area contributed by atoms with E-state index in [0.717, 1.165) is 16.7 Å². The minimum atomic E-state index is -0.939. The lowest BCUT2D eigenvalue weighted by Crippen LogP contribution is -2.44. The van der Waals surface area contributed by atoms with Crippen LogP contribution < -0.4 is 0 Å². The molecule has 1 aromatic carbocycles. The van der Waals surface area contributed by atoms with E-state index in [0.29, 0.717) is 5.57 Å². The molecule has 0 aliphatic carbocycles. The second-order valence-electron chi connectivity index (χ2n) is 6.26. The van der Waals surface area contributed by atoms with Crippen LogP contribution in [0.4, 0.5) is 0 Å². The fraction of sp³-hybridized carbons (Fsp3) is 0.444. The van der Waals surface area contributed by atoms with Crippen molar-refractivity contribution < 1.29 is 23.9 Å². The molecule has 1 heterocycles. The number of aryl methyl sites for hydroxylation is 2. The van der Waals surface area contributed by atoms with Crippen molar-refractivity contribution in [3.8, 4) is 0 Å². The molecule has 0 fully saturated rings. The second kappa shape index (κ2) is 6.75. The number of methoxy groups -OCH3 is 1. The van der Waals surface area contributed by atoms with Crippen LogP contribution in [-0.4, -0.2) is 36.4 Å². The summed E-state index contributed by atoms with van der Waals surface area (Å²) >= 11 is 0. The minimum absolute atomic E-state index is 0.0808. The lowest BCUT2D eigenvalue weighted by molar-refractivity contribution is -0.239. The molecule has 0 unspecified atom stereocenters. The van der Waals surface area contributed by atoms with E-state index in [1.165, 1.54) is 19.1 Å². The second-order valence-corrected chi connectivity index (χ2v) is 6.26. The largest absolute Gasteiger partial charge is 0.428 e. The molecule has 0 bridgehead atoms. The summed E-state index contributed by atoms with van der Waals surface area (Å²) < 4.78 is 10.3. The molecule has 2 rings (SSSR count). The van der Waals surface area contributed by atoms with Crippen molar-refractivity contribution in [1.29, 1.82) is 0 Å². The fourth-order valence-corrected chi connectivity index (χ4v) is 2.92. The Labute approximate surface area is 141 Å². The predicted molar refractivity (Wildman–Crippen MR) is 88.5 cm³/mol. The van der Waals surface area contributed by atoms with Gasteiger partial charge in [-0.1, -0.05) is 18.2 Å². The molecule has 0 aromatic heterocycles. The first-order valence-electron chi connectivity index (χ1n) is 7.68. The molecule has 0 spiro atoms. The summed E-state index contributed by atoms with van der Waals surface area (Å²) in [5.74, 6) is -0.553. The Kier molecular flexibility index (Phi) is 5.11. The quantitative estimate of drug-likeness (QED) is 0.612. The molecular weight excluding hydrogens is 310 g/mol. The van der Waals surface area contributed by atoms with Crippen molar-refractivity contribution >= 4 is 17.4 Å². The molecule has 6 nitrogen and oxygen atoms in total. The van der Waals surface area contributed by atoms with Gasteiger partial charge < -0.3 is 9.47 Å². The molecule has 0 saturated carbocycles. The van der Waals surface area contributed by atoms with E-state index in [2.05, 4.69) is 0 Å². The summed E-state index contributed by atoms with van der Waals surface area (Å²) in [5.41, 5.74) is 2.02. The van der Waals surface area contributed by atoms with E-state index in [-0.39, 0.29) is 18.5 Å². The van der Waals surface area contributed by atoms with Crippen molar-refractivity contribution in [3.63, 3.8) is 0 Å². The van der Waals surface area contributed by atoms with Crippen LogP contribution >= 0.6 is 0 Å². The number of esters is 1.